The molecular formula is C15H21N5. The van der Waals surface area contributed by atoms with E-state index in [0.717, 1.165) is 36.6 Å². The summed E-state index contributed by atoms with van der Waals surface area (Å²) in [5, 5.41) is 4.54. The molecule has 1 aliphatic rings. The highest BCUT2D eigenvalue weighted by Crippen LogP contribution is 2.39. The van der Waals surface area contributed by atoms with E-state index in [1.165, 1.54) is 12.0 Å². The smallest absolute Gasteiger partial charge is 0.150 e. The molecule has 5 heteroatoms. The number of hydrogen-bond acceptors (Lipinski definition) is 4. The van der Waals surface area contributed by atoms with Crippen LogP contribution in [0.3, 0.4) is 0 Å². The van der Waals surface area contributed by atoms with Crippen molar-refractivity contribution in [3.63, 3.8) is 0 Å². The minimum atomic E-state index is 0.375. The van der Waals surface area contributed by atoms with Crippen LogP contribution in [0.2, 0.25) is 0 Å². The Labute approximate surface area is 119 Å². The SMILES string of the molecule is CCc1nn(C)c(N2CCCC2c2ccncc2)c1N. The summed E-state index contributed by atoms with van der Waals surface area (Å²) in [6, 6.07) is 4.56. The molecule has 0 spiro atoms. The second kappa shape index (κ2) is 5.15. The third-order valence-electron chi connectivity index (χ3n) is 4.08. The zero-order chi connectivity index (χ0) is 14.1. The number of rotatable bonds is 3. The van der Waals surface area contributed by atoms with Gasteiger partial charge in [0.25, 0.3) is 0 Å². The molecule has 3 rings (SSSR count). The van der Waals surface area contributed by atoms with Gasteiger partial charge in [-0.25, -0.2) is 0 Å². The first kappa shape index (κ1) is 13.0. The summed E-state index contributed by atoms with van der Waals surface area (Å²) in [5.41, 5.74) is 9.42. The summed E-state index contributed by atoms with van der Waals surface area (Å²) < 4.78 is 1.92. The van der Waals surface area contributed by atoms with Gasteiger partial charge in [0.05, 0.1) is 17.4 Å². The summed E-state index contributed by atoms with van der Waals surface area (Å²) in [6.45, 7) is 3.12. The fourth-order valence-corrected chi connectivity index (χ4v) is 3.14. The van der Waals surface area contributed by atoms with Crippen molar-refractivity contribution in [2.75, 3.05) is 17.2 Å². The second-order valence-corrected chi connectivity index (χ2v) is 5.29. The Hall–Kier alpha value is -2.04. The van der Waals surface area contributed by atoms with E-state index >= 15 is 0 Å². The molecule has 0 radical (unpaired) electrons. The van der Waals surface area contributed by atoms with Gasteiger partial charge in [0, 0.05) is 26.0 Å². The highest BCUT2D eigenvalue weighted by molar-refractivity contribution is 5.67. The molecule has 106 valence electrons. The van der Waals surface area contributed by atoms with Gasteiger partial charge in [0.15, 0.2) is 5.82 Å². The Balaban J connectivity index is 1.99. The maximum absolute atomic E-state index is 6.30. The Morgan fingerprint density at radius 3 is 2.75 bits per heavy atom. The molecule has 1 saturated heterocycles. The molecule has 0 bridgehead atoms. The monoisotopic (exact) mass is 271 g/mol. The average Bonchev–Trinajstić information content (AvgIpc) is 3.04. The zero-order valence-electron chi connectivity index (χ0n) is 12.1. The fourth-order valence-electron chi connectivity index (χ4n) is 3.14. The van der Waals surface area contributed by atoms with E-state index in [1.54, 1.807) is 0 Å². The topological polar surface area (TPSA) is 60.0 Å². The van der Waals surface area contributed by atoms with Gasteiger partial charge in [-0.1, -0.05) is 6.92 Å². The molecule has 20 heavy (non-hydrogen) atoms. The molecule has 5 nitrogen and oxygen atoms in total. The van der Waals surface area contributed by atoms with E-state index < -0.39 is 0 Å². The molecule has 0 aliphatic carbocycles. The van der Waals surface area contributed by atoms with Crippen LogP contribution in [0.25, 0.3) is 0 Å². The van der Waals surface area contributed by atoms with Gasteiger partial charge >= 0.3 is 0 Å². The van der Waals surface area contributed by atoms with Gasteiger partial charge < -0.3 is 10.6 Å². The molecule has 1 fully saturated rings. The van der Waals surface area contributed by atoms with Crippen LogP contribution in [-0.2, 0) is 13.5 Å². The lowest BCUT2D eigenvalue weighted by atomic mass is 10.1. The van der Waals surface area contributed by atoms with E-state index in [1.807, 2.05) is 24.1 Å². The Morgan fingerprint density at radius 1 is 1.35 bits per heavy atom. The number of nitrogens with zero attached hydrogens (tertiary/aromatic N) is 4. The molecule has 0 aromatic carbocycles. The maximum atomic E-state index is 6.30. The summed E-state index contributed by atoms with van der Waals surface area (Å²) in [5.74, 6) is 1.06. The van der Waals surface area contributed by atoms with Crippen LogP contribution in [0.4, 0.5) is 11.5 Å². The molecule has 0 amide bonds. The van der Waals surface area contributed by atoms with Crippen LogP contribution in [0, 0.1) is 0 Å². The van der Waals surface area contributed by atoms with E-state index in [2.05, 4.69) is 34.0 Å². The van der Waals surface area contributed by atoms with Crippen molar-refractivity contribution in [3.05, 3.63) is 35.8 Å². The van der Waals surface area contributed by atoms with Crippen molar-refractivity contribution in [3.8, 4) is 0 Å². The minimum Gasteiger partial charge on any atom is -0.394 e. The molecule has 0 saturated carbocycles. The third-order valence-corrected chi connectivity index (χ3v) is 4.08. The molecule has 1 unspecified atom stereocenters. The number of nitrogens with two attached hydrogens (primary N) is 1. The van der Waals surface area contributed by atoms with Gasteiger partial charge in [-0.2, -0.15) is 5.10 Å². The predicted octanol–water partition coefficient (Wildman–Crippen LogP) is 2.30. The van der Waals surface area contributed by atoms with Crippen molar-refractivity contribution < 1.29 is 0 Å². The van der Waals surface area contributed by atoms with Crippen molar-refractivity contribution in [1.82, 2.24) is 14.8 Å². The second-order valence-electron chi connectivity index (χ2n) is 5.29. The number of aryl methyl sites for hydroxylation is 2. The number of nitrogen functional groups attached to an aromatic ring is 1. The van der Waals surface area contributed by atoms with Crippen molar-refractivity contribution in [1.29, 1.82) is 0 Å². The lowest BCUT2D eigenvalue weighted by molar-refractivity contribution is 0.667. The van der Waals surface area contributed by atoms with Gasteiger partial charge in [0.2, 0.25) is 0 Å². The van der Waals surface area contributed by atoms with Crippen LogP contribution >= 0.6 is 0 Å². The standard InChI is InChI=1S/C15H21N5/c1-3-12-14(16)15(19(2)18-12)20-10-4-5-13(20)11-6-8-17-9-7-11/h6-9,13H,3-5,10,16H2,1-2H3. The highest BCUT2D eigenvalue weighted by atomic mass is 15.4. The lowest BCUT2D eigenvalue weighted by Crippen LogP contribution is -2.25. The van der Waals surface area contributed by atoms with E-state index in [-0.39, 0.29) is 0 Å². The fraction of sp³-hybridized carbons (Fsp3) is 0.467. The Kier molecular flexibility index (Phi) is 3.34. The summed E-state index contributed by atoms with van der Waals surface area (Å²) in [4.78, 5) is 6.49. The Bertz CT molecular complexity index is 590. The molecule has 2 aromatic rings. The van der Waals surface area contributed by atoms with E-state index in [0.29, 0.717) is 6.04 Å². The average molecular weight is 271 g/mol. The first-order valence-electron chi connectivity index (χ1n) is 7.20. The van der Waals surface area contributed by atoms with E-state index in [4.69, 9.17) is 5.73 Å². The van der Waals surface area contributed by atoms with Crippen LogP contribution < -0.4 is 10.6 Å². The van der Waals surface area contributed by atoms with E-state index in [9.17, 15) is 0 Å². The summed E-state index contributed by atoms with van der Waals surface area (Å²) >= 11 is 0. The van der Waals surface area contributed by atoms with Crippen molar-refractivity contribution in [2.24, 2.45) is 7.05 Å². The molecule has 1 aliphatic heterocycles. The van der Waals surface area contributed by atoms with Gasteiger partial charge in [-0.15, -0.1) is 0 Å². The van der Waals surface area contributed by atoms with Gasteiger partial charge in [0.1, 0.15) is 0 Å². The number of anilines is 2. The molecule has 3 heterocycles. The third kappa shape index (κ3) is 2.03. The largest absolute Gasteiger partial charge is 0.394 e. The zero-order valence-corrected chi connectivity index (χ0v) is 12.1. The Morgan fingerprint density at radius 2 is 2.10 bits per heavy atom. The quantitative estimate of drug-likeness (QED) is 0.930. The predicted molar refractivity (Wildman–Crippen MR) is 80.6 cm³/mol. The van der Waals surface area contributed by atoms with Gasteiger partial charge in [-0.05, 0) is 37.0 Å². The first-order chi connectivity index (χ1) is 9.72. The van der Waals surface area contributed by atoms with Crippen LogP contribution in [0.5, 0.6) is 0 Å². The van der Waals surface area contributed by atoms with Crippen LogP contribution in [0.15, 0.2) is 24.5 Å². The molecule has 2 N–H and O–H groups in total. The van der Waals surface area contributed by atoms with Crippen LogP contribution in [-0.4, -0.2) is 21.3 Å². The minimum absolute atomic E-state index is 0.375. The van der Waals surface area contributed by atoms with Gasteiger partial charge in [-0.3, -0.25) is 9.67 Å². The molecule has 2 aromatic heterocycles. The van der Waals surface area contributed by atoms with Crippen molar-refractivity contribution in [2.45, 2.75) is 32.2 Å². The summed E-state index contributed by atoms with van der Waals surface area (Å²) in [6.07, 6.45) is 6.91. The lowest BCUT2D eigenvalue weighted by Gasteiger charge is -2.27. The summed E-state index contributed by atoms with van der Waals surface area (Å²) in [7, 11) is 1.98. The van der Waals surface area contributed by atoms with Crippen LogP contribution in [0.1, 0.15) is 37.1 Å². The molecular weight excluding hydrogens is 250 g/mol. The number of aromatic nitrogens is 3. The van der Waals surface area contributed by atoms with Crippen molar-refractivity contribution >= 4 is 11.5 Å². The number of pyridine rings is 1. The number of hydrogen-bond donors (Lipinski definition) is 1. The maximum Gasteiger partial charge on any atom is 0.150 e. The molecule has 1 atom stereocenters. The first-order valence-corrected chi connectivity index (χ1v) is 7.20. The normalized spacial score (nSPS) is 18.7. The highest BCUT2D eigenvalue weighted by Gasteiger charge is 2.30.